The molecular formula is C17H17F3N2O4. The summed E-state index contributed by atoms with van der Waals surface area (Å²) in [5, 5.41) is 11.2. The zero-order chi connectivity index (χ0) is 19.7. The number of ether oxygens (including phenoxy) is 1. The maximum absolute atomic E-state index is 12.5. The molecule has 26 heavy (non-hydrogen) atoms. The van der Waals surface area contributed by atoms with Crippen LogP contribution in [0.3, 0.4) is 0 Å². The lowest BCUT2D eigenvalue weighted by atomic mass is 10.00. The van der Waals surface area contributed by atoms with Gasteiger partial charge in [0, 0.05) is 18.5 Å². The number of alkyl halides is 3. The van der Waals surface area contributed by atoms with Crippen molar-refractivity contribution in [2.45, 2.75) is 32.4 Å². The predicted octanol–water partition coefficient (Wildman–Crippen LogP) is 3.09. The molecule has 0 heterocycles. The van der Waals surface area contributed by atoms with Crippen molar-refractivity contribution in [3.63, 3.8) is 0 Å². The van der Waals surface area contributed by atoms with Crippen LogP contribution in [-0.2, 0) is 25.3 Å². The molecule has 6 nitrogen and oxygen atoms in total. The molecule has 0 aliphatic rings. The number of amides is 1. The van der Waals surface area contributed by atoms with Crippen LogP contribution in [0.15, 0.2) is 24.3 Å². The Kier molecular flexibility index (Phi) is 7.77. The second-order valence-corrected chi connectivity index (χ2v) is 5.25. The molecule has 0 aromatic heterocycles. The molecule has 0 spiro atoms. The molecule has 0 fully saturated rings. The van der Waals surface area contributed by atoms with Gasteiger partial charge in [0.15, 0.2) is 11.7 Å². The fourth-order valence-corrected chi connectivity index (χ4v) is 2.02. The summed E-state index contributed by atoms with van der Waals surface area (Å²) in [6.07, 6.45) is -4.56. The molecule has 1 aromatic rings. The molecule has 0 bridgehead atoms. The van der Waals surface area contributed by atoms with Crippen molar-refractivity contribution in [1.29, 1.82) is 5.26 Å². The van der Waals surface area contributed by atoms with Crippen LogP contribution < -0.4 is 5.32 Å². The molecule has 1 atom stereocenters. The zero-order valence-corrected chi connectivity index (χ0v) is 13.9. The quantitative estimate of drug-likeness (QED) is 0.560. The van der Waals surface area contributed by atoms with Crippen LogP contribution in [0, 0.1) is 17.2 Å². The standard InChI is InChI=1S/C17H17F3N2O4/c1-2-26-15(24)5-3-4-14(23)13(10-21)16(25)22-12-8-6-11(7-9-12)17(18,19)20/h6-9,13H,2-5H2,1H3,(H,22,25). The minimum absolute atomic E-state index is 0.0156. The highest BCUT2D eigenvalue weighted by Gasteiger charge is 2.30. The number of ketones is 1. The lowest BCUT2D eigenvalue weighted by molar-refractivity contribution is -0.143. The Morgan fingerprint density at radius 3 is 2.31 bits per heavy atom. The highest BCUT2D eigenvalue weighted by molar-refractivity contribution is 6.09. The second-order valence-electron chi connectivity index (χ2n) is 5.25. The summed E-state index contributed by atoms with van der Waals surface area (Å²) in [6, 6.07) is 5.17. The summed E-state index contributed by atoms with van der Waals surface area (Å²) in [4.78, 5) is 35.1. The molecule has 0 aliphatic heterocycles. The van der Waals surface area contributed by atoms with Gasteiger partial charge in [0.05, 0.1) is 18.2 Å². The smallest absolute Gasteiger partial charge is 0.416 e. The van der Waals surface area contributed by atoms with Crippen LogP contribution in [0.5, 0.6) is 0 Å². The molecule has 9 heteroatoms. The number of esters is 1. The molecule has 0 saturated carbocycles. The Morgan fingerprint density at radius 2 is 1.81 bits per heavy atom. The largest absolute Gasteiger partial charge is 0.466 e. The average molecular weight is 370 g/mol. The maximum Gasteiger partial charge on any atom is 0.416 e. The van der Waals surface area contributed by atoms with Gasteiger partial charge in [-0.2, -0.15) is 18.4 Å². The first kappa shape index (κ1) is 21.2. The predicted molar refractivity (Wildman–Crippen MR) is 84.7 cm³/mol. The number of nitrogens with one attached hydrogen (secondary N) is 1. The molecule has 140 valence electrons. The Morgan fingerprint density at radius 1 is 1.19 bits per heavy atom. The second kappa shape index (κ2) is 9.56. The minimum Gasteiger partial charge on any atom is -0.466 e. The summed E-state index contributed by atoms with van der Waals surface area (Å²) >= 11 is 0. The van der Waals surface area contributed by atoms with Crippen molar-refractivity contribution < 1.29 is 32.3 Å². The minimum atomic E-state index is -4.51. The van der Waals surface area contributed by atoms with Gasteiger partial charge in [-0.05, 0) is 37.6 Å². The van der Waals surface area contributed by atoms with E-state index in [0.717, 1.165) is 24.3 Å². The first-order valence-corrected chi connectivity index (χ1v) is 7.75. The zero-order valence-electron chi connectivity index (χ0n) is 13.9. The van der Waals surface area contributed by atoms with Gasteiger partial charge in [-0.3, -0.25) is 14.4 Å². The van der Waals surface area contributed by atoms with E-state index < -0.39 is 35.3 Å². The van der Waals surface area contributed by atoms with E-state index in [4.69, 9.17) is 10.00 Å². The molecule has 0 saturated heterocycles. The fraction of sp³-hybridized carbons (Fsp3) is 0.412. The van der Waals surface area contributed by atoms with Crippen molar-refractivity contribution in [2.24, 2.45) is 5.92 Å². The summed E-state index contributed by atoms with van der Waals surface area (Å²) < 4.78 is 42.2. The van der Waals surface area contributed by atoms with E-state index in [-0.39, 0.29) is 31.6 Å². The van der Waals surface area contributed by atoms with Crippen LogP contribution in [-0.4, -0.2) is 24.3 Å². The van der Waals surface area contributed by atoms with E-state index in [0.29, 0.717) is 0 Å². The molecule has 0 radical (unpaired) electrons. The number of nitrogens with zero attached hydrogens (tertiary/aromatic N) is 1. The first-order valence-electron chi connectivity index (χ1n) is 7.75. The van der Waals surface area contributed by atoms with Crippen LogP contribution in [0.1, 0.15) is 31.7 Å². The normalized spacial score (nSPS) is 12.0. The number of rotatable bonds is 8. The molecule has 1 unspecified atom stereocenters. The SMILES string of the molecule is CCOC(=O)CCCC(=O)C(C#N)C(=O)Nc1ccc(C(F)(F)F)cc1. The van der Waals surface area contributed by atoms with E-state index in [1.807, 2.05) is 0 Å². The number of halogens is 3. The van der Waals surface area contributed by atoms with Crippen LogP contribution in [0.25, 0.3) is 0 Å². The number of hydrogen-bond acceptors (Lipinski definition) is 5. The summed E-state index contributed by atoms with van der Waals surface area (Å²) in [7, 11) is 0. The number of benzene rings is 1. The molecular weight excluding hydrogens is 353 g/mol. The monoisotopic (exact) mass is 370 g/mol. The summed E-state index contributed by atoms with van der Waals surface area (Å²) in [5.74, 6) is -3.71. The average Bonchev–Trinajstić information content (AvgIpc) is 2.55. The lowest BCUT2D eigenvalue weighted by Gasteiger charge is -2.11. The van der Waals surface area contributed by atoms with Crippen molar-refractivity contribution in [1.82, 2.24) is 0 Å². The van der Waals surface area contributed by atoms with Gasteiger partial charge in [-0.15, -0.1) is 0 Å². The maximum atomic E-state index is 12.5. The third-order valence-electron chi connectivity index (χ3n) is 3.30. The van der Waals surface area contributed by atoms with E-state index >= 15 is 0 Å². The van der Waals surface area contributed by atoms with E-state index in [2.05, 4.69) is 5.32 Å². The Balaban J connectivity index is 2.61. The number of nitriles is 1. The van der Waals surface area contributed by atoms with Crippen molar-refractivity contribution in [2.75, 3.05) is 11.9 Å². The van der Waals surface area contributed by atoms with Gasteiger partial charge >= 0.3 is 12.1 Å². The summed E-state index contributed by atoms with van der Waals surface area (Å²) in [5.41, 5.74) is -0.857. The van der Waals surface area contributed by atoms with Gasteiger partial charge < -0.3 is 10.1 Å². The Bertz CT molecular complexity index is 693. The van der Waals surface area contributed by atoms with Crippen molar-refractivity contribution >= 4 is 23.3 Å². The third-order valence-corrected chi connectivity index (χ3v) is 3.30. The van der Waals surface area contributed by atoms with Crippen LogP contribution >= 0.6 is 0 Å². The van der Waals surface area contributed by atoms with Crippen LogP contribution in [0.2, 0.25) is 0 Å². The van der Waals surface area contributed by atoms with Gasteiger partial charge in [0.25, 0.3) is 0 Å². The number of carbonyl (C=O) groups excluding carboxylic acids is 3. The topological polar surface area (TPSA) is 96.3 Å². The van der Waals surface area contributed by atoms with Gasteiger partial charge in [-0.25, -0.2) is 0 Å². The number of hydrogen-bond donors (Lipinski definition) is 1. The molecule has 1 amide bonds. The van der Waals surface area contributed by atoms with E-state index in [1.54, 1.807) is 13.0 Å². The number of carbonyl (C=O) groups is 3. The number of Topliss-reactive ketones (excluding diaryl/α,β-unsaturated/α-hetero) is 1. The van der Waals surface area contributed by atoms with Crippen LogP contribution in [0.4, 0.5) is 18.9 Å². The van der Waals surface area contributed by atoms with Gasteiger partial charge in [0.1, 0.15) is 0 Å². The van der Waals surface area contributed by atoms with Gasteiger partial charge in [-0.1, -0.05) is 0 Å². The summed E-state index contributed by atoms with van der Waals surface area (Å²) in [6.45, 7) is 1.85. The third kappa shape index (κ3) is 6.55. The van der Waals surface area contributed by atoms with E-state index in [1.165, 1.54) is 0 Å². The van der Waals surface area contributed by atoms with E-state index in [9.17, 15) is 27.6 Å². The Labute approximate surface area is 147 Å². The first-order chi connectivity index (χ1) is 12.2. The molecule has 1 N–H and O–H groups in total. The van der Waals surface area contributed by atoms with Gasteiger partial charge in [0.2, 0.25) is 5.91 Å². The number of anilines is 1. The highest BCUT2D eigenvalue weighted by Crippen LogP contribution is 2.29. The molecule has 1 rings (SSSR count). The Hall–Kier alpha value is -2.89. The molecule has 1 aromatic carbocycles. The lowest BCUT2D eigenvalue weighted by Crippen LogP contribution is -2.28. The molecule has 0 aliphatic carbocycles. The fourth-order valence-electron chi connectivity index (χ4n) is 2.02. The highest BCUT2D eigenvalue weighted by atomic mass is 19.4. The van der Waals surface area contributed by atoms with Crippen molar-refractivity contribution in [3.8, 4) is 6.07 Å². The van der Waals surface area contributed by atoms with Crippen molar-refractivity contribution in [3.05, 3.63) is 29.8 Å².